The van der Waals surface area contributed by atoms with Gasteiger partial charge in [-0.15, -0.1) is 0 Å². The first-order valence-corrected chi connectivity index (χ1v) is 9.85. The summed E-state index contributed by atoms with van der Waals surface area (Å²) in [5.41, 5.74) is -0.330. The molecule has 1 aliphatic heterocycles. The number of hydrogen-bond donors (Lipinski definition) is 0. The largest absolute Gasteiger partial charge is 0.497 e. The zero-order valence-corrected chi connectivity index (χ0v) is 15.1. The van der Waals surface area contributed by atoms with Gasteiger partial charge in [-0.2, -0.15) is 9.29 Å². The van der Waals surface area contributed by atoms with Gasteiger partial charge in [0.1, 0.15) is 5.75 Å². The molecule has 0 N–H and O–H groups in total. The molecule has 7 nitrogen and oxygen atoms in total. The summed E-state index contributed by atoms with van der Waals surface area (Å²) < 4.78 is 38.1. The monoisotopic (exact) mass is 363 g/mol. The molecule has 2 unspecified atom stereocenters. The second-order valence-corrected chi connectivity index (χ2v) is 8.80. The number of ether oxygens (including phenoxy) is 1. The molecule has 0 bridgehead atoms. The first-order valence-electron chi connectivity index (χ1n) is 8.41. The van der Waals surface area contributed by atoms with Crippen molar-refractivity contribution in [3.63, 3.8) is 0 Å². The number of aryl methyl sites for hydroxylation is 1. The van der Waals surface area contributed by atoms with Crippen LogP contribution in [0.25, 0.3) is 0 Å². The van der Waals surface area contributed by atoms with Gasteiger partial charge in [0.2, 0.25) is 15.9 Å². The Labute approximate surface area is 147 Å². The highest BCUT2D eigenvalue weighted by Gasteiger charge is 2.55. The maximum Gasteiger partial charge on any atom is 0.243 e. The van der Waals surface area contributed by atoms with Crippen molar-refractivity contribution >= 4 is 10.0 Å². The van der Waals surface area contributed by atoms with Crippen molar-refractivity contribution < 1.29 is 17.7 Å². The molecule has 2 fully saturated rings. The van der Waals surface area contributed by atoms with Gasteiger partial charge < -0.3 is 9.26 Å². The molecule has 1 saturated carbocycles. The van der Waals surface area contributed by atoms with Crippen molar-refractivity contribution in [1.29, 1.82) is 0 Å². The molecular weight excluding hydrogens is 342 g/mol. The van der Waals surface area contributed by atoms with Gasteiger partial charge in [-0.3, -0.25) is 0 Å². The van der Waals surface area contributed by atoms with Crippen molar-refractivity contribution in [2.24, 2.45) is 5.92 Å². The summed E-state index contributed by atoms with van der Waals surface area (Å²) in [6.07, 6.45) is 2.93. The molecule has 8 heteroatoms. The Balaban J connectivity index is 1.69. The lowest BCUT2D eigenvalue weighted by molar-refractivity contribution is 0.332. The standard InChI is InChI=1S/C17H21N3O4S/c1-12-18-16(19-24-12)17-8-4-5-13(17)10-20(11-17)25(21,22)15-7-3-6-14(9-15)23-2/h3,6-7,9,13H,4-5,8,10-11H2,1-2H3. The van der Waals surface area contributed by atoms with E-state index in [9.17, 15) is 8.42 Å². The molecule has 1 aromatic carbocycles. The van der Waals surface area contributed by atoms with Crippen molar-refractivity contribution in [3.8, 4) is 5.75 Å². The van der Waals surface area contributed by atoms with E-state index >= 15 is 0 Å². The Hall–Kier alpha value is -1.93. The third kappa shape index (κ3) is 2.55. The van der Waals surface area contributed by atoms with Crippen LogP contribution in [-0.2, 0) is 15.4 Å². The lowest BCUT2D eigenvalue weighted by atomic mass is 9.80. The van der Waals surface area contributed by atoms with Crippen LogP contribution in [-0.4, -0.2) is 43.1 Å². The van der Waals surface area contributed by atoms with Gasteiger partial charge in [-0.1, -0.05) is 17.6 Å². The Morgan fingerprint density at radius 2 is 2.24 bits per heavy atom. The van der Waals surface area contributed by atoms with E-state index in [1.807, 2.05) is 0 Å². The Bertz CT molecular complexity index is 895. The topological polar surface area (TPSA) is 85.5 Å². The van der Waals surface area contributed by atoms with Crippen LogP contribution in [0.15, 0.2) is 33.7 Å². The van der Waals surface area contributed by atoms with Crippen molar-refractivity contribution in [2.75, 3.05) is 20.2 Å². The summed E-state index contributed by atoms with van der Waals surface area (Å²) >= 11 is 0. The molecule has 2 aliphatic rings. The van der Waals surface area contributed by atoms with Crippen LogP contribution in [0, 0.1) is 12.8 Å². The van der Waals surface area contributed by atoms with Crippen LogP contribution in [0.5, 0.6) is 5.75 Å². The smallest absolute Gasteiger partial charge is 0.243 e. The number of aromatic nitrogens is 2. The van der Waals surface area contributed by atoms with E-state index in [0.29, 0.717) is 30.6 Å². The van der Waals surface area contributed by atoms with Gasteiger partial charge in [0.25, 0.3) is 0 Å². The van der Waals surface area contributed by atoms with Gasteiger partial charge in [0.05, 0.1) is 17.4 Å². The molecule has 0 amide bonds. The van der Waals surface area contributed by atoms with Gasteiger partial charge in [0.15, 0.2) is 5.82 Å². The lowest BCUT2D eigenvalue weighted by Crippen LogP contribution is -2.35. The maximum absolute atomic E-state index is 13.1. The van der Waals surface area contributed by atoms with Gasteiger partial charge in [0, 0.05) is 26.1 Å². The Morgan fingerprint density at radius 3 is 2.96 bits per heavy atom. The fourth-order valence-corrected chi connectivity index (χ4v) is 5.79. The fourth-order valence-electron chi connectivity index (χ4n) is 4.20. The second kappa shape index (κ2) is 5.81. The Morgan fingerprint density at radius 1 is 1.40 bits per heavy atom. The van der Waals surface area contributed by atoms with E-state index in [1.54, 1.807) is 35.5 Å². The number of benzene rings is 1. The van der Waals surface area contributed by atoms with Crippen molar-refractivity contribution in [1.82, 2.24) is 14.4 Å². The van der Waals surface area contributed by atoms with E-state index in [1.165, 1.54) is 7.11 Å². The first-order chi connectivity index (χ1) is 12.0. The molecule has 2 aromatic rings. The average molecular weight is 363 g/mol. The molecular formula is C17H21N3O4S. The second-order valence-electron chi connectivity index (χ2n) is 6.86. The van der Waals surface area contributed by atoms with Crippen LogP contribution < -0.4 is 4.74 Å². The number of hydrogen-bond acceptors (Lipinski definition) is 6. The van der Waals surface area contributed by atoms with Crippen LogP contribution >= 0.6 is 0 Å². The van der Waals surface area contributed by atoms with Gasteiger partial charge >= 0.3 is 0 Å². The SMILES string of the molecule is COc1cccc(S(=O)(=O)N2CC3CCCC3(c3noc(C)n3)C2)c1. The van der Waals surface area contributed by atoms with E-state index in [0.717, 1.165) is 19.3 Å². The molecule has 2 heterocycles. The molecule has 1 aliphatic carbocycles. The number of nitrogens with zero attached hydrogens (tertiary/aromatic N) is 3. The Kier molecular flexibility index (Phi) is 3.84. The first kappa shape index (κ1) is 16.5. The molecule has 2 atom stereocenters. The van der Waals surface area contributed by atoms with E-state index in [-0.39, 0.29) is 16.2 Å². The maximum atomic E-state index is 13.1. The molecule has 134 valence electrons. The summed E-state index contributed by atoms with van der Waals surface area (Å²) in [6, 6.07) is 6.61. The minimum atomic E-state index is -3.59. The average Bonchev–Trinajstić information content (AvgIpc) is 3.28. The van der Waals surface area contributed by atoms with E-state index < -0.39 is 10.0 Å². The molecule has 1 saturated heterocycles. The van der Waals surface area contributed by atoms with Crippen LogP contribution in [0.4, 0.5) is 0 Å². The zero-order chi connectivity index (χ0) is 17.7. The molecule has 25 heavy (non-hydrogen) atoms. The minimum absolute atomic E-state index is 0.227. The third-order valence-electron chi connectivity index (χ3n) is 5.49. The summed E-state index contributed by atoms with van der Waals surface area (Å²) in [4.78, 5) is 4.68. The summed E-state index contributed by atoms with van der Waals surface area (Å²) in [6.45, 7) is 2.65. The lowest BCUT2D eigenvalue weighted by Gasteiger charge is -2.24. The number of methoxy groups -OCH3 is 1. The van der Waals surface area contributed by atoms with Gasteiger partial charge in [-0.05, 0) is 30.9 Å². The van der Waals surface area contributed by atoms with Crippen LogP contribution in [0.2, 0.25) is 0 Å². The summed E-state index contributed by atoms with van der Waals surface area (Å²) in [7, 11) is -2.06. The van der Waals surface area contributed by atoms with Gasteiger partial charge in [-0.25, -0.2) is 8.42 Å². The quantitative estimate of drug-likeness (QED) is 0.827. The highest BCUT2D eigenvalue weighted by atomic mass is 32.2. The molecule has 0 radical (unpaired) electrons. The normalized spacial score (nSPS) is 26.7. The van der Waals surface area contributed by atoms with Crippen LogP contribution in [0.1, 0.15) is 31.0 Å². The molecule has 0 spiro atoms. The minimum Gasteiger partial charge on any atom is -0.497 e. The summed E-state index contributed by atoms with van der Waals surface area (Å²) in [5.74, 6) is 1.92. The number of sulfonamides is 1. The van der Waals surface area contributed by atoms with E-state index in [2.05, 4.69) is 10.1 Å². The molecule has 1 aromatic heterocycles. The highest BCUT2D eigenvalue weighted by Crippen LogP contribution is 2.50. The predicted molar refractivity (Wildman–Crippen MR) is 89.8 cm³/mol. The van der Waals surface area contributed by atoms with Crippen LogP contribution in [0.3, 0.4) is 0 Å². The fraction of sp³-hybridized carbons (Fsp3) is 0.529. The van der Waals surface area contributed by atoms with E-state index in [4.69, 9.17) is 9.26 Å². The van der Waals surface area contributed by atoms with Crippen molar-refractivity contribution in [2.45, 2.75) is 36.5 Å². The third-order valence-corrected chi connectivity index (χ3v) is 7.30. The summed E-state index contributed by atoms with van der Waals surface area (Å²) in [5, 5.41) is 4.12. The zero-order valence-electron chi connectivity index (χ0n) is 14.3. The predicted octanol–water partition coefficient (Wildman–Crippen LogP) is 2.13. The number of rotatable bonds is 4. The van der Waals surface area contributed by atoms with Crippen molar-refractivity contribution in [3.05, 3.63) is 36.0 Å². The molecule has 4 rings (SSSR count). The highest BCUT2D eigenvalue weighted by molar-refractivity contribution is 7.89. The number of fused-ring (bicyclic) bond motifs is 1.